The molecule has 4 nitrogen and oxygen atoms in total. The Labute approximate surface area is 115 Å². The molecular weight excluding hydrogens is 277 g/mol. The van der Waals surface area contributed by atoms with E-state index in [1.54, 1.807) is 0 Å². The van der Waals surface area contributed by atoms with Gasteiger partial charge in [-0.1, -0.05) is 13.8 Å². The van der Waals surface area contributed by atoms with Gasteiger partial charge in [0, 0.05) is 12.1 Å². The predicted molar refractivity (Wildman–Crippen MR) is 69.6 cm³/mol. The highest BCUT2D eigenvalue weighted by Gasteiger charge is 2.12. The molecule has 0 aliphatic carbocycles. The Kier molecular flexibility index (Phi) is 5.56. The molecule has 1 aromatic heterocycles. The van der Waals surface area contributed by atoms with Crippen LogP contribution in [0, 0.1) is 5.92 Å². The number of carbonyl (C=O) groups excluding carboxylic acids is 2. The van der Waals surface area contributed by atoms with Gasteiger partial charge in [-0.05, 0) is 35.5 Å². The Hall–Kier alpha value is -1.13. The Balaban J connectivity index is 2.89. The molecule has 0 N–H and O–H groups in total. The molecule has 0 spiro atoms. The fourth-order valence-electron chi connectivity index (χ4n) is 1.20. The monoisotopic (exact) mass is 289 g/mol. The molecule has 6 heteroatoms. The second-order valence-electron chi connectivity index (χ2n) is 4.15. The average molecular weight is 290 g/mol. The molecule has 1 rings (SSSR count). The summed E-state index contributed by atoms with van der Waals surface area (Å²) in [5.74, 6) is 0.855. The molecule has 0 saturated carbocycles. The van der Waals surface area contributed by atoms with Crippen molar-refractivity contribution < 1.29 is 14.3 Å². The largest absolute Gasteiger partial charge is 0.493 e. The lowest BCUT2D eigenvalue weighted by Gasteiger charge is -2.09. The van der Waals surface area contributed by atoms with Crippen molar-refractivity contribution in [3.8, 4) is 5.75 Å². The highest BCUT2D eigenvalue weighted by molar-refractivity contribution is 6.68. The van der Waals surface area contributed by atoms with Crippen molar-refractivity contribution in [2.75, 3.05) is 6.61 Å². The van der Waals surface area contributed by atoms with Crippen molar-refractivity contribution in [2.24, 2.45) is 5.92 Å². The Morgan fingerprint density at radius 1 is 1.22 bits per heavy atom. The highest BCUT2D eigenvalue weighted by Crippen LogP contribution is 2.18. The SMILES string of the molecule is CC(C)CCOc1cc(C(=O)Cl)nc(C(=O)Cl)c1. The molecule has 0 saturated heterocycles. The van der Waals surface area contributed by atoms with Crippen molar-refractivity contribution in [1.82, 2.24) is 4.98 Å². The summed E-state index contributed by atoms with van der Waals surface area (Å²) in [7, 11) is 0. The Morgan fingerprint density at radius 3 is 2.11 bits per heavy atom. The minimum absolute atomic E-state index is 0.0530. The molecule has 1 heterocycles. The summed E-state index contributed by atoms with van der Waals surface area (Å²) in [6.45, 7) is 4.61. The number of ether oxygens (including phenoxy) is 1. The smallest absolute Gasteiger partial charge is 0.270 e. The standard InChI is InChI=1S/C12H13Cl2NO3/c1-7(2)3-4-18-8-5-9(11(13)16)15-10(6-8)12(14)17/h5-7H,3-4H2,1-2H3. The number of hydrogen-bond acceptors (Lipinski definition) is 4. The summed E-state index contributed by atoms with van der Waals surface area (Å²) in [5.41, 5.74) is -0.106. The van der Waals surface area contributed by atoms with Crippen molar-refractivity contribution in [1.29, 1.82) is 0 Å². The fraction of sp³-hybridized carbons (Fsp3) is 0.417. The van der Waals surface area contributed by atoms with Crippen molar-refractivity contribution in [3.63, 3.8) is 0 Å². The van der Waals surface area contributed by atoms with E-state index < -0.39 is 10.5 Å². The summed E-state index contributed by atoms with van der Waals surface area (Å²) >= 11 is 10.6. The molecule has 0 aliphatic heterocycles. The highest BCUT2D eigenvalue weighted by atomic mass is 35.5. The van der Waals surface area contributed by atoms with Gasteiger partial charge in [-0.15, -0.1) is 0 Å². The molecule has 98 valence electrons. The number of hydrogen-bond donors (Lipinski definition) is 0. The predicted octanol–water partition coefficient (Wildman–Crippen LogP) is 3.26. The van der Waals surface area contributed by atoms with Crippen LogP contribution < -0.4 is 4.74 Å². The van der Waals surface area contributed by atoms with Gasteiger partial charge in [0.2, 0.25) is 0 Å². The number of nitrogens with zero attached hydrogens (tertiary/aromatic N) is 1. The lowest BCUT2D eigenvalue weighted by Crippen LogP contribution is -2.06. The van der Waals surface area contributed by atoms with Gasteiger partial charge in [0.15, 0.2) is 0 Å². The quantitative estimate of drug-likeness (QED) is 0.754. The number of rotatable bonds is 6. The first-order chi connectivity index (χ1) is 8.40. The average Bonchev–Trinajstić information content (AvgIpc) is 2.28. The fourth-order valence-corrected chi connectivity index (χ4v) is 1.40. The molecule has 0 amide bonds. The Bertz CT molecular complexity index is 428. The van der Waals surface area contributed by atoms with Crippen LogP contribution >= 0.6 is 23.2 Å². The molecule has 0 radical (unpaired) electrons. The third-order valence-corrected chi connectivity index (χ3v) is 2.55. The summed E-state index contributed by atoms with van der Waals surface area (Å²) < 4.78 is 5.44. The maximum absolute atomic E-state index is 11.0. The van der Waals surface area contributed by atoms with E-state index in [9.17, 15) is 9.59 Å². The van der Waals surface area contributed by atoms with Crippen LogP contribution in [0.25, 0.3) is 0 Å². The van der Waals surface area contributed by atoms with Gasteiger partial charge in [0.25, 0.3) is 10.5 Å². The number of halogens is 2. The van der Waals surface area contributed by atoms with Crippen molar-refractivity contribution in [3.05, 3.63) is 23.5 Å². The van der Waals surface area contributed by atoms with E-state index >= 15 is 0 Å². The van der Waals surface area contributed by atoms with Gasteiger partial charge in [-0.2, -0.15) is 0 Å². The van der Waals surface area contributed by atoms with Gasteiger partial charge in [0.1, 0.15) is 17.1 Å². The van der Waals surface area contributed by atoms with E-state index in [0.717, 1.165) is 6.42 Å². The second kappa shape index (κ2) is 6.71. The first-order valence-electron chi connectivity index (χ1n) is 5.44. The molecule has 0 aliphatic rings. The van der Waals surface area contributed by atoms with E-state index in [1.165, 1.54) is 12.1 Å². The third kappa shape index (κ3) is 4.63. The number of carbonyl (C=O) groups is 2. The van der Waals surface area contributed by atoms with Crippen LogP contribution in [-0.2, 0) is 0 Å². The van der Waals surface area contributed by atoms with Gasteiger partial charge >= 0.3 is 0 Å². The Morgan fingerprint density at radius 2 is 1.72 bits per heavy atom. The second-order valence-corrected chi connectivity index (χ2v) is 4.84. The van der Waals surface area contributed by atoms with Crippen LogP contribution in [0.2, 0.25) is 0 Å². The number of pyridine rings is 1. The summed E-state index contributed by atoms with van der Waals surface area (Å²) in [6, 6.07) is 2.78. The molecule has 0 unspecified atom stereocenters. The summed E-state index contributed by atoms with van der Waals surface area (Å²) in [4.78, 5) is 25.8. The summed E-state index contributed by atoms with van der Waals surface area (Å²) in [6.07, 6.45) is 0.858. The third-order valence-electron chi connectivity index (χ3n) is 2.17. The molecule has 0 bridgehead atoms. The zero-order valence-electron chi connectivity index (χ0n) is 10.1. The lowest BCUT2D eigenvalue weighted by molar-refractivity contribution is 0.107. The maximum atomic E-state index is 11.0. The van der Waals surface area contributed by atoms with Crippen LogP contribution in [0.5, 0.6) is 5.75 Å². The van der Waals surface area contributed by atoms with Gasteiger partial charge in [-0.3, -0.25) is 9.59 Å². The van der Waals surface area contributed by atoms with Crippen LogP contribution in [-0.4, -0.2) is 22.1 Å². The van der Waals surface area contributed by atoms with Gasteiger partial charge in [-0.25, -0.2) is 4.98 Å². The van der Waals surface area contributed by atoms with Crippen LogP contribution in [0.15, 0.2) is 12.1 Å². The minimum Gasteiger partial charge on any atom is -0.493 e. The topological polar surface area (TPSA) is 56.3 Å². The van der Waals surface area contributed by atoms with E-state index in [1.807, 2.05) is 0 Å². The molecule has 1 aromatic rings. The minimum atomic E-state index is -0.761. The van der Waals surface area contributed by atoms with Gasteiger partial charge < -0.3 is 4.74 Å². The van der Waals surface area contributed by atoms with Gasteiger partial charge in [0.05, 0.1) is 6.61 Å². The molecule has 18 heavy (non-hydrogen) atoms. The maximum Gasteiger partial charge on any atom is 0.270 e. The zero-order chi connectivity index (χ0) is 13.7. The molecule has 0 aromatic carbocycles. The van der Waals surface area contributed by atoms with E-state index in [0.29, 0.717) is 18.3 Å². The zero-order valence-corrected chi connectivity index (χ0v) is 11.6. The van der Waals surface area contributed by atoms with E-state index in [2.05, 4.69) is 18.8 Å². The molecule has 0 atom stereocenters. The van der Waals surface area contributed by atoms with E-state index in [4.69, 9.17) is 27.9 Å². The molecule has 0 fully saturated rings. The molecular formula is C12H13Cl2NO3. The van der Waals surface area contributed by atoms with Crippen molar-refractivity contribution >= 4 is 33.7 Å². The first-order valence-corrected chi connectivity index (χ1v) is 6.20. The first kappa shape index (κ1) is 14.9. The number of aromatic nitrogens is 1. The van der Waals surface area contributed by atoms with Crippen LogP contribution in [0.1, 0.15) is 41.2 Å². The lowest BCUT2D eigenvalue weighted by atomic mass is 10.1. The van der Waals surface area contributed by atoms with Crippen LogP contribution in [0.4, 0.5) is 0 Å². The van der Waals surface area contributed by atoms with Crippen LogP contribution in [0.3, 0.4) is 0 Å². The summed E-state index contributed by atoms with van der Waals surface area (Å²) in [5, 5.41) is -1.52. The van der Waals surface area contributed by atoms with E-state index in [-0.39, 0.29) is 11.4 Å². The normalized spacial score (nSPS) is 10.5. The van der Waals surface area contributed by atoms with Crippen molar-refractivity contribution in [2.45, 2.75) is 20.3 Å².